The summed E-state index contributed by atoms with van der Waals surface area (Å²) in [6.45, 7) is 2.05. The molecule has 7 heteroatoms. The maximum absolute atomic E-state index is 12.7. The van der Waals surface area contributed by atoms with E-state index in [9.17, 15) is 14.9 Å². The Balaban J connectivity index is 1.88. The summed E-state index contributed by atoms with van der Waals surface area (Å²) < 4.78 is 4.96. The van der Waals surface area contributed by atoms with Crippen LogP contribution in [-0.4, -0.2) is 18.4 Å². The number of esters is 1. The zero-order valence-corrected chi connectivity index (χ0v) is 15.9. The van der Waals surface area contributed by atoms with E-state index in [-0.39, 0.29) is 17.0 Å². The lowest BCUT2D eigenvalue weighted by Gasteiger charge is -2.06. The van der Waals surface area contributed by atoms with Gasteiger partial charge in [-0.2, -0.15) is 5.26 Å². The first-order chi connectivity index (χ1) is 13.5. The highest BCUT2D eigenvalue weighted by molar-refractivity contribution is 7.19. The van der Waals surface area contributed by atoms with Gasteiger partial charge in [0.05, 0.1) is 17.9 Å². The van der Waals surface area contributed by atoms with Crippen molar-refractivity contribution in [1.29, 1.82) is 5.26 Å². The number of carbonyl (C=O) groups is 2. The molecule has 0 saturated carbocycles. The van der Waals surface area contributed by atoms with E-state index in [1.165, 1.54) is 0 Å². The Kier molecular flexibility index (Phi) is 5.72. The molecule has 0 aliphatic carbocycles. The number of hydrogen-bond acceptors (Lipinski definition) is 7. The van der Waals surface area contributed by atoms with Crippen LogP contribution in [0.3, 0.4) is 0 Å². The lowest BCUT2D eigenvalue weighted by molar-refractivity contribution is 0.0526. The number of benzene rings is 2. The highest BCUT2D eigenvalue weighted by atomic mass is 32.1. The third kappa shape index (κ3) is 3.87. The summed E-state index contributed by atoms with van der Waals surface area (Å²) in [4.78, 5) is 24.8. The minimum Gasteiger partial charge on any atom is -0.462 e. The molecule has 2 aromatic carbocycles. The molecule has 3 N–H and O–H groups in total. The molecule has 0 radical (unpaired) electrons. The Labute approximate surface area is 166 Å². The van der Waals surface area contributed by atoms with Crippen molar-refractivity contribution in [3.63, 3.8) is 0 Å². The number of thiophene rings is 1. The van der Waals surface area contributed by atoms with Crippen LogP contribution in [0.2, 0.25) is 0 Å². The minimum atomic E-state index is -0.400. The van der Waals surface area contributed by atoms with Gasteiger partial charge in [0.25, 0.3) is 0 Å². The summed E-state index contributed by atoms with van der Waals surface area (Å²) in [5, 5.41) is 13.1. The molecule has 3 aromatic rings. The zero-order chi connectivity index (χ0) is 20.1. The summed E-state index contributed by atoms with van der Waals surface area (Å²) in [6, 6.07) is 17.5. The van der Waals surface area contributed by atoms with Gasteiger partial charge in [0, 0.05) is 11.3 Å². The van der Waals surface area contributed by atoms with Crippen LogP contribution in [-0.2, 0) is 4.74 Å². The summed E-state index contributed by atoms with van der Waals surface area (Å²) in [5.74, 6) is -0.631. The van der Waals surface area contributed by atoms with Gasteiger partial charge in [0.2, 0.25) is 5.78 Å². The van der Waals surface area contributed by atoms with Gasteiger partial charge >= 0.3 is 5.97 Å². The summed E-state index contributed by atoms with van der Waals surface area (Å²) in [5.41, 5.74) is 8.04. The zero-order valence-electron chi connectivity index (χ0n) is 15.1. The van der Waals surface area contributed by atoms with E-state index < -0.39 is 5.97 Å². The monoisotopic (exact) mass is 391 g/mol. The number of anilines is 3. The molecule has 0 fully saturated rings. The van der Waals surface area contributed by atoms with Crippen LogP contribution in [0.5, 0.6) is 0 Å². The van der Waals surface area contributed by atoms with E-state index in [2.05, 4.69) is 11.4 Å². The third-order valence-electron chi connectivity index (χ3n) is 3.95. The van der Waals surface area contributed by atoms with E-state index in [4.69, 9.17) is 10.5 Å². The number of ether oxygens (including phenoxy) is 1. The molecule has 1 aromatic heterocycles. The highest BCUT2D eigenvalue weighted by Gasteiger charge is 2.22. The van der Waals surface area contributed by atoms with Gasteiger partial charge in [0.15, 0.2) is 0 Å². The average molecular weight is 391 g/mol. The van der Waals surface area contributed by atoms with Crippen molar-refractivity contribution in [3.05, 3.63) is 76.2 Å². The van der Waals surface area contributed by atoms with E-state index in [1.807, 2.05) is 6.07 Å². The molecule has 3 rings (SSSR count). The molecular weight excluding hydrogens is 374 g/mol. The number of rotatable bonds is 6. The topological polar surface area (TPSA) is 105 Å². The van der Waals surface area contributed by atoms with Crippen molar-refractivity contribution in [2.45, 2.75) is 6.92 Å². The molecule has 1 heterocycles. The number of nitrogen functional groups attached to an aromatic ring is 1. The SMILES string of the molecule is CCOC(=O)c1ccc(Nc2sc(C(=O)c3ccccc3)c(N)c2C#N)cc1. The molecule has 0 spiro atoms. The quantitative estimate of drug-likeness (QED) is 0.478. The fourth-order valence-corrected chi connectivity index (χ4v) is 3.62. The number of nitrogens with zero attached hydrogens (tertiary/aromatic N) is 1. The molecule has 0 saturated heterocycles. The Morgan fingerprint density at radius 2 is 1.79 bits per heavy atom. The molecule has 0 atom stereocenters. The van der Waals surface area contributed by atoms with Crippen molar-refractivity contribution in [2.24, 2.45) is 0 Å². The minimum absolute atomic E-state index is 0.159. The lowest BCUT2D eigenvalue weighted by atomic mass is 10.1. The predicted molar refractivity (Wildman–Crippen MR) is 109 cm³/mol. The van der Waals surface area contributed by atoms with E-state index in [0.717, 1.165) is 11.3 Å². The molecule has 0 amide bonds. The smallest absolute Gasteiger partial charge is 0.338 e. The molecule has 140 valence electrons. The Morgan fingerprint density at radius 1 is 1.11 bits per heavy atom. The maximum atomic E-state index is 12.7. The molecular formula is C21H17N3O3S. The molecule has 0 aliphatic heterocycles. The van der Waals surface area contributed by atoms with E-state index in [1.54, 1.807) is 55.5 Å². The first kappa shape index (κ1) is 19.1. The molecule has 0 unspecified atom stereocenters. The lowest BCUT2D eigenvalue weighted by Crippen LogP contribution is -2.04. The number of ketones is 1. The van der Waals surface area contributed by atoms with Crippen molar-refractivity contribution >= 4 is 39.5 Å². The first-order valence-corrected chi connectivity index (χ1v) is 9.33. The van der Waals surface area contributed by atoms with Crippen LogP contribution in [0, 0.1) is 11.3 Å². The van der Waals surface area contributed by atoms with Gasteiger partial charge in [-0.1, -0.05) is 30.3 Å². The van der Waals surface area contributed by atoms with Gasteiger partial charge in [-0.15, -0.1) is 11.3 Å². The predicted octanol–water partition coefficient (Wildman–Crippen LogP) is 4.35. The second-order valence-electron chi connectivity index (χ2n) is 5.78. The molecule has 28 heavy (non-hydrogen) atoms. The van der Waals surface area contributed by atoms with Crippen LogP contribution >= 0.6 is 11.3 Å². The number of hydrogen-bond donors (Lipinski definition) is 2. The summed E-state index contributed by atoms with van der Waals surface area (Å²) >= 11 is 1.13. The summed E-state index contributed by atoms with van der Waals surface area (Å²) in [7, 11) is 0. The van der Waals surface area contributed by atoms with Crippen LogP contribution in [0.4, 0.5) is 16.4 Å². The Morgan fingerprint density at radius 3 is 2.39 bits per heavy atom. The number of carbonyl (C=O) groups excluding carboxylic acids is 2. The van der Waals surface area contributed by atoms with Crippen LogP contribution in [0.15, 0.2) is 54.6 Å². The van der Waals surface area contributed by atoms with Gasteiger partial charge < -0.3 is 15.8 Å². The fourth-order valence-electron chi connectivity index (χ4n) is 2.57. The largest absolute Gasteiger partial charge is 0.462 e. The normalized spacial score (nSPS) is 10.1. The molecule has 0 bridgehead atoms. The number of nitriles is 1. The fraction of sp³-hybridized carbons (Fsp3) is 0.0952. The third-order valence-corrected chi connectivity index (χ3v) is 5.07. The Bertz CT molecular complexity index is 1050. The molecule has 0 aliphatic rings. The van der Waals surface area contributed by atoms with Gasteiger partial charge in [-0.3, -0.25) is 4.79 Å². The van der Waals surface area contributed by atoms with Crippen molar-refractivity contribution < 1.29 is 14.3 Å². The van der Waals surface area contributed by atoms with Crippen molar-refractivity contribution in [2.75, 3.05) is 17.7 Å². The summed E-state index contributed by atoms with van der Waals surface area (Å²) in [6.07, 6.45) is 0. The Hall–Kier alpha value is -3.63. The van der Waals surface area contributed by atoms with E-state index in [0.29, 0.717) is 33.3 Å². The van der Waals surface area contributed by atoms with Gasteiger partial charge in [-0.25, -0.2) is 4.79 Å². The number of nitrogens with one attached hydrogen (secondary N) is 1. The standard InChI is InChI=1S/C21H17N3O3S/c1-2-27-21(26)14-8-10-15(11-9-14)24-20-16(12-22)17(23)19(28-20)18(25)13-6-4-3-5-7-13/h3-11,24H,2,23H2,1H3. The first-order valence-electron chi connectivity index (χ1n) is 8.51. The highest BCUT2D eigenvalue weighted by Crippen LogP contribution is 2.38. The van der Waals surface area contributed by atoms with Crippen molar-refractivity contribution in [3.8, 4) is 6.07 Å². The van der Waals surface area contributed by atoms with E-state index >= 15 is 0 Å². The molecule has 6 nitrogen and oxygen atoms in total. The van der Waals surface area contributed by atoms with Crippen molar-refractivity contribution in [1.82, 2.24) is 0 Å². The number of nitrogens with two attached hydrogens (primary N) is 1. The average Bonchev–Trinajstić information content (AvgIpc) is 3.03. The second kappa shape index (κ2) is 8.37. The van der Waals surface area contributed by atoms with Gasteiger partial charge in [0.1, 0.15) is 21.5 Å². The van der Waals surface area contributed by atoms with Crippen LogP contribution in [0.1, 0.15) is 38.1 Å². The second-order valence-corrected chi connectivity index (χ2v) is 6.80. The van der Waals surface area contributed by atoms with Crippen LogP contribution < -0.4 is 11.1 Å². The maximum Gasteiger partial charge on any atom is 0.338 e. The van der Waals surface area contributed by atoms with Gasteiger partial charge in [-0.05, 0) is 31.2 Å². The van der Waals surface area contributed by atoms with Crippen LogP contribution in [0.25, 0.3) is 0 Å².